The Labute approximate surface area is 116 Å². The molecule has 0 aromatic heterocycles. The van der Waals surface area contributed by atoms with Crippen LogP contribution in [0.1, 0.15) is 5.56 Å². The van der Waals surface area contributed by atoms with E-state index >= 15 is 0 Å². The fourth-order valence-corrected chi connectivity index (χ4v) is 3.19. The van der Waals surface area contributed by atoms with Crippen LogP contribution in [0.2, 0.25) is 0 Å². The fraction of sp³-hybridized carbons (Fsp3) is 0.333. The molecule has 0 radical (unpaired) electrons. The Morgan fingerprint density at radius 1 is 1.45 bits per heavy atom. The van der Waals surface area contributed by atoms with E-state index in [1.165, 1.54) is 24.7 Å². The summed E-state index contributed by atoms with van der Waals surface area (Å²) in [4.78, 5) is 10.3. The number of nitro groups is 1. The van der Waals surface area contributed by atoms with Crippen molar-refractivity contribution in [2.24, 2.45) is 0 Å². The zero-order chi connectivity index (χ0) is 14.8. The van der Waals surface area contributed by atoms with Crippen molar-refractivity contribution < 1.29 is 18.1 Å². The average molecular weight is 298 g/mol. The van der Waals surface area contributed by atoms with E-state index in [9.17, 15) is 18.5 Å². The highest BCUT2D eigenvalue weighted by atomic mass is 32.2. The molecule has 1 aliphatic rings. The van der Waals surface area contributed by atoms with Crippen LogP contribution in [0.15, 0.2) is 29.7 Å². The monoisotopic (exact) mass is 298 g/mol. The lowest BCUT2D eigenvalue weighted by Gasteiger charge is -2.10. The van der Waals surface area contributed by atoms with Crippen molar-refractivity contribution in [1.29, 1.82) is 0 Å². The summed E-state index contributed by atoms with van der Waals surface area (Å²) in [6, 6.07) is 4.17. The van der Waals surface area contributed by atoms with Crippen molar-refractivity contribution >= 4 is 15.5 Å². The number of non-ortho nitro benzene ring substituents is 1. The average Bonchev–Trinajstić information content (AvgIpc) is 2.75. The molecule has 0 fully saturated rings. The lowest BCUT2D eigenvalue weighted by Crippen LogP contribution is -2.29. The predicted octanol–water partition coefficient (Wildman–Crippen LogP) is 1.00. The summed E-state index contributed by atoms with van der Waals surface area (Å²) in [6.07, 6.45) is 1.57. The molecule has 1 aliphatic heterocycles. The molecule has 108 valence electrons. The lowest BCUT2D eigenvalue weighted by molar-refractivity contribution is -0.385. The van der Waals surface area contributed by atoms with Gasteiger partial charge in [0.1, 0.15) is 5.75 Å². The Balaban J connectivity index is 2.08. The third-order valence-corrected chi connectivity index (χ3v) is 4.29. The molecule has 1 heterocycles. The van der Waals surface area contributed by atoms with E-state index in [-0.39, 0.29) is 17.5 Å². The van der Waals surface area contributed by atoms with E-state index < -0.39 is 14.8 Å². The molecule has 1 aromatic carbocycles. The smallest absolute Gasteiger partial charge is 0.273 e. The number of hydrogen-bond donors (Lipinski definition) is 1. The standard InChI is InChI=1S/C12H14N2O5S/c1-19-12-5-9(4-11(6-12)14(15)16)7-13-10-2-3-20(17,18)8-10/h2-6,10,13H,7-8H2,1H3. The molecule has 7 nitrogen and oxygen atoms in total. The molecule has 0 saturated carbocycles. The van der Waals surface area contributed by atoms with Gasteiger partial charge in [-0.15, -0.1) is 0 Å². The molecule has 0 bridgehead atoms. The molecular weight excluding hydrogens is 284 g/mol. The minimum Gasteiger partial charge on any atom is -0.496 e. The van der Waals surface area contributed by atoms with Crippen LogP contribution in [0, 0.1) is 10.1 Å². The van der Waals surface area contributed by atoms with Crippen molar-refractivity contribution in [2.45, 2.75) is 12.6 Å². The van der Waals surface area contributed by atoms with Gasteiger partial charge in [0.2, 0.25) is 0 Å². The quantitative estimate of drug-likeness (QED) is 0.643. The highest BCUT2D eigenvalue weighted by Crippen LogP contribution is 2.22. The molecule has 1 unspecified atom stereocenters. The number of ether oxygens (including phenoxy) is 1. The number of methoxy groups -OCH3 is 1. The van der Waals surface area contributed by atoms with E-state index in [0.717, 1.165) is 0 Å². The minimum absolute atomic E-state index is 0.0130. The molecular formula is C12H14N2O5S. The van der Waals surface area contributed by atoms with Crippen LogP contribution in [0.25, 0.3) is 0 Å². The summed E-state index contributed by atoms with van der Waals surface area (Å²) < 4.78 is 27.5. The third kappa shape index (κ3) is 3.55. The topological polar surface area (TPSA) is 98.5 Å². The van der Waals surface area contributed by atoms with E-state index in [1.54, 1.807) is 12.1 Å². The Bertz CT molecular complexity index is 654. The summed E-state index contributed by atoms with van der Waals surface area (Å²) in [5.41, 5.74) is 0.601. The van der Waals surface area contributed by atoms with Crippen LogP contribution in [0.5, 0.6) is 5.75 Å². The van der Waals surface area contributed by atoms with Gasteiger partial charge in [0.25, 0.3) is 5.69 Å². The fourth-order valence-electron chi connectivity index (χ4n) is 1.92. The van der Waals surface area contributed by atoms with Crippen LogP contribution >= 0.6 is 0 Å². The van der Waals surface area contributed by atoms with Crippen LogP contribution in [-0.2, 0) is 16.4 Å². The maximum atomic E-state index is 11.3. The molecule has 2 rings (SSSR count). The number of sulfone groups is 1. The zero-order valence-electron chi connectivity index (χ0n) is 10.8. The van der Waals surface area contributed by atoms with Gasteiger partial charge in [-0.05, 0) is 11.6 Å². The summed E-state index contributed by atoms with van der Waals surface area (Å²) in [7, 11) is -1.68. The number of hydrogen-bond acceptors (Lipinski definition) is 6. The number of nitrogens with zero attached hydrogens (tertiary/aromatic N) is 1. The Morgan fingerprint density at radius 3 is 2.75 bits per heavy atom. The van der Waals surface area contributed by atoms with E-state index in [4.69, 9.17) is 4.74 Å². The molecule has 0 spiro atoms. The summed E-state index contributed by atoms with van der Waals surface area (Å²) in [5, 5.41) is 15.0. The number of nitro benzene ring substituents is 1. The highest BCUT2D eigenvalue weighted by molar-refractivity contribution is 7.94. The first kappa shape index (κ1) is 14.5. The zero-order valence-corrected chi connectivity index (χ0v) is 11.6. The highest BCUT2D eigenvalue weighted by Gasteiger charge is 2.21. The second-order valence-electron chi connectivity index (χ2n) is 4.44. The van der Waals surface area contributed by atoms with Crippen molar-refractivity contribution in [3.05, 3.63) is 45.4 Å². The molecule has 8 heteroatoms. The Hall–Kier alpha value is -1.93. The van der Waals surface area contributed by atoms with Crippen LogP contribution in [0.4, 0.5) is 5.69 Å². The second kappa shape index (κ2) is 5.59. The predicted molar refractivity (Wildman–Crippen MR) is 73.2 cm³/mol. The van der Waals surface area contributed by atoms with E-state index in [2.05, 4.69) is 5.32 Å². The van der Waals surface area contributed by atoms with E-state index in [0.29, 0.717) is 17.9 Å². The maximum absolute atomic E-state index is 11.3. The van der Waals surface area contributed by atoms with Crippen LogP contribution in [0.3, 0.4) is 0 Å². The molecule has 1 atom stereocenters. The number of benzene rings is 1. The minimum atomic E-state index is -3.11. The molecule has 0 aliphatic carbocycles. The van der Waals surface area contributed by atoms with Gasteiger partial charge < -0.3 is 10.1 Å². The number of nitrogens with one attached hydrogen (secondary N) is 1. The maximum Gasteiger partial charge on any atom is 0.273 e. The van der Waals surface area contributed by atoms with Gasteiger partial charge >= 0.3 is 0 Å². The first-order valence-corrected chi connectivity index (χ1v) is 7.58. The van der Waals surface area contributed by atoms with Crippen LogP contribution < -0.4 is 10.1 Å². The summed E-state index contributed by atoms with van der Waals surface area (Å²) in [6.45, 7) is 0.322. The summed E-state index contributed by atoms with van der Waals surface area (Å²) in [5.74, 6) is 0.407. The molecule has 0 saturated heterocycles. The van der Waals surface area contributed by atoms with Crippen LogP contribution in [-0.4, -0.2) is 32.2 Å². The van der Waals surface area contributed by atoms with Gasteiger partial charge in [-0.1, -0.05) is 6.08 Å². The van der Waals surface area contributed by atoms with Crippen molar-refractivity contribution in [3.63, 3.8) is 0 Å². The molecule has 1 N–H and O–H groups in total. The van der Waals surface area contributed by atoms with Gasteiger partial charge in [-0.25, -0.2) is 8.42 Å². The third-order valence-electron chi connectivity index (χ3n) is 2.90. The van der Waals surface area contributed by atoms with Crippen molar-refractivity contribution in [1.82, 2.24) is 5.32 Å². The second-order valence-corrected chi connectivity index (χ2v) is 6.37. The first-order chi connectivity index (χ1) is 9.39. The largest absolute Gasteiger partial charge is 0.496 e. The number of rotatable bonds is 5. The summed E-state index contributed by atoms with van der Waals surface area (Å²) >= 11 is 0. The lowest BCUT2D eigenvalue weighted by atomic mass is 10.1. The molecule has 20 heavy (non-hydrogen) atoms. The molecule has 1 aromatic rings. The van der Waals surface area contributed by atoms with Crippen molar-refractivity contribution in [2.75, 3.05) is 12.9 Å². The Kier molecular flexibility index (Phi) is 4.05. The Morgan fingerprint density at radius 2 is 2.20 bits per heavy atom. The van der Waals surface area contributed by atoms with Gasteiger partial charge in [-0.2, -0.15) is 0 Å². The SMILES string of the molecule is COc1cc(CNC2C=CS(=O)(=O)C2)cc([N+](=O)[O-])c1. The van der Waals surface area contributed by atoms with Crippen molar-refractivity contribution in [3.8, 4) is 5.75 Å². The first-order valence-electron chi connectivity index (χ1n) is 5.86. The van der Waals surface area contributed by atoms with Gasteiger partial charge in [-0.3, -0.25) is 10.1 Å². The van der Waals surface area contributed by atoms with Gasteiger partial charge in [0.15, 0.2) is 9.84 Å². The van der Waals surface area contributed by atoms with E-state index in [1.807, 2.05) is 0 Å². The van der Waals surface area contributed by atoms with Gasteiger partial charge in [0, 0.05) is 24.1 Å². The molecule has 0 amide bonds. The van der Waals surface area contributed by atoms with Gasteiger partial charge in [0.05, 0.1) is 23.9 Å². The normalized spacial score (nSPS) is 19.9.